The monoisotopic (exact) mass is 280 g/mol. The van der Waals surface area contributed by atoms with Gasteiger partial charge in [-0.3, -0.25) is 4.79 Å². The van der Waals surface area contributed by atoms with Gasteiger partial charge in [0.1, 0.15) is 0 Å². The Hall–Kier alpha value is -1.62. The number of carbonyl (C=O) groups excluding carboxylic acids is 1. The van der Waals surface area contributed by atoms with E-state index in [2.05, 4.69) is 10.6 Å². The van der Waals surface area contributed by atoms with Gasteiger partial charge >= 0.3 is 0 Å². The molecule has 1 aliphatic rings. The van der Waals surface area contributed by atoms with Crippen molar-refractivity contribution in [3.05, 3.63) is 29.6 Å². The van der Waals surface area contributed by atoms with Crippen molar-refractivity contribution in [1.82, 2.24) is 10.6 Å². The van der Waals surface area contributed by atoms with E-state index in [1.165, 1.54) is 18.9 Å². The Morgan fingerprint density at radius 2 is 2.25 bits per heavy atom. The number of nitrogens with one attached hydrogen (secondary N) is 2. The quantitative estimate of drug-likeness (QED) is 0.716. The minimum Gasteiger partial charge on any atom is -0.490 e. The molecule has 0 unspecified atom stereocenters. The molecule has 4 nitrogen and oxygen atoms in total. The van der Waals surface area contributed by atoms with Gasteiger partial charge in [-0.25, -0.2) is 4.39 Å². The summed E-state index contributed by atoms with van der Waals surface area (Å²) < 4.78 is 19.3. The fourth-order valence-electron chi connectivity index (χ4n) is 1.93. The highest BCUT2D eigenvalue weighted by molar-refractivity contribution is 5.75. The number of benzene rings is 1. The molecule has 1 aliphatic carbocycles. The maximum Gasteiger partial charge on any atom is 0.219 e. The van der Waals surface area contributed by atoms with Gasteiger partial charge in [-0.2, -0.15) is 0 Å². The Labute approximate surface area is 118 Å². The third-order valence-electron chi connectivity index (χ3n) is 3.28. The summed E-state index contributed by atoms with van der Waals surface area (Å²) in [6, 6.07) is 5.53. The molecule has 2 N–H and O–H groups in total. The van der Waals surface area contributed by atoms with Crippen LogP contribution in [0.4, 0.5) is 4.39 Å². The van der Waals surface area contributed by atoms with E-state index >= 15 is 0 Å². The summed E-state index contributed by atoms with van der Waals surface area (Å²) in [5, 5.41) is 5.90. The smallest absolute Gasteiger partial charge is 0.219 e. The van der Waals surface area contributed by atoms with Crippen LogP contribution in [0.15, 0.2) is 18.2 Å². The second-order valence-corrected chi connectivity index (χ2v) is 5.01. The molecule has 1 aromatic rings. The van der Waals surface area contributed by atoms with Crippen LogP contribution in [0.3, 0.4) is 0 Å². The van der Waals surface area contributed by atoms with Crippen molar-refractivity contribution in [3.63, 3.8) is 0 Å². The molecule has 0 aliphatic heterocycles. The first-order valence-electron chi connectivity index (χ1n) is 7.05. The van der Waals surface area contributed by atoms with Crippen LogP contribution in [0.2, 0.25) is 0 Å². The normalized spacial score (nSPS) is 14.1. The van der Waals surface area contributed by atoms with Crippen LogP contribution in [0, 0.1) is 5.82 Å². The Balaban J connectivity index is 1.85. The zero-order valence-corrected chi connectivity index (χ0v) is 11.7. The molecular weight excluding hydrogens is 259 g/mol. The van der Waals surface area contributed by atoms with Crippen LogP contribution in [0.25, 0.3) is 0 Å². The van der Waals surface area contributed by atoms with Crippen LogP contribution >= 0.6 is 0 Å². The molecule has 0 atom stereocenters. The molecule has 0 bridgehead atoms. The minimum absolute atomic E-state index is 0.0299. The molecule has 0 spiro atoms. The van der Waals surface area contributed by atoms with Crippen molar-refractivity contribution >= 4 is 5.91 Å². The molecule has 1 saturated carbocycles. The molecule has 0 radical (unpaired) electrons. The van der Waals surface area contributed by atoms with Crippen molar-refractivity contribution in [2.75, 3.05) is 13.7 Å². The number of halogens is 1. The maximum atomic E-state index is 13.8. The number of hydrogen-bond acceptors (Lipinski definition) is 3. The summed E-state index contributed by atoms with van der Waals surface area (Å²) in [6.07, 6.45) is 3.35. The fraction of sp³-hybridized carbons (Fsp3) is 0.533. The number of para-hydroxylation sites is 1. The summed E-state index contributed by atoms with van der Waals surface area (Å²) in [5.41, 5.74) is 0.830. The van der Waals surface area contributed by atoms with Crippen LogP contribution < -0.4 is 15.4 Å². The molecule has 20 heavy (non-hydrogen) atoms. The third kappa shape index (κ3) is 4.49. The highest BCUT2D eigenvalue weighted by atomic mass is 19.1. The average molecular weight is 280 g/mol. The summed E-state index contributed by atoms with van der Waals surface area (Å²) >= 11 is 0. The molecule has 0 heterocycles. The van der Waals surface area contributed by atoms with Gasteiger partial charge in [-0.05, 0) is 25.3 Å². The number of carbonyl (C=O) groups is 1. The molecule has 1 fully saturated rings. The molecule has 0 aromatic heterocycles. The van der Waals surface area contributed by atoms with Gasteiger partial charge in [-0.15, -0.1) is 0 Å². The van der Waals surface area contributed by atoms with Gasteiger partial charge in [0, 0.05) is 31.6 Å². The average Bonchev–Trinajstić information content (AvgIpc) is 3.27. The second kappa shape index (κ2) is 7.24. The highest BCUT2D eigenvalue weighted by Gasteiger charge is 2.21. The van der Waals surface area contributed by atoms with E-state index in [9.17, 15) is 9.18 Å². The van der Waals surface area contributed by atoms with Gasteiger partial charge in [0.05, 0.1) is 6.61 Å². The largest absolute Gasteiger partial charge is 0.490 e. The number of hydrogen-bond donors (Lipinski definition) is 2. The zero-order chi connectivity index (χ0) is 14.4. The highest BCUT2D eigenvalue weighted by Crippen LogP contribution is 2.25. The second-order valence-electron chi connectivity index (χ2n) is 5.01. The zero-order valence-electron chi connectivity index (χ0n) is 11.7. The van der Waals surface area contributed by atoms with E-state index < -0.39 is 0 Å². The lowest BCUT2D eigenvalue weighted by atomic mass is 10.2. The van der Waals surface area contributed by atoms with Crippen molar-refractivity contribution in [2.24, 2.45) is 0 Å². The lowest BCUT2D eigenvalue weighted by molar-refractivity contribution is -0.120. The van der Waals surface area contributed by atoms with Crippen LogP contribution in [-0.2, 0) is 11.3 Å². The van der Waals surface area contributed by atoms with Crippen molar-refractivity contribution in [2.45, 2.75) is 38.3 Å². The standard InChI is InChI=1S/C15H21FN2O2/c1-17-14(19)6-3-9-20-15-11(4-2-5-13(15)16)10-18-12-7-8-12/h2,4-5,12,18H,3,6-10H2,1H3,(H,17,19). The molecule has 110 valence electrons. The van der Waals surface area contributed by atoms with Crippen LogP contribution in [0.5, 0.6) is 5.75 Å². The Bertz CT molecular complexity index is 461. The number of rotatable bonds is 8. The molecule has 1 amide bonds. The van der Waals surface area contributed by atoms with Gasteiger partial charge in [-0.1, -0.05) is 12.1 Å². The van der Waals surface area contributed by atoms with Gasteiger partial charge in [0.15, 0.2) is 11.6 Å². The van der Waals surface area contributed by atoms with E-state index in [1.54, 1.807) is 13.1 Å². The summed E-state index contributed by atoms with van der Waals surface area (Å²) in [6.45, 7) is 0.956. The molecular formula is C15H21FN2O2. The van der Waals surface area contributed by atoms with E-state index in [0.717, 1.165) is 5.56 Å². The molecule has 0 saturated heterocycles. The predicted octanol–water partition coefficient (Wildman–Crippen LogP) is 1.98. The van der Waals surface area contributed by atoms with E-state index in [1.807, 2.05) is 6.07 Å². The lowest BCUT2D eigenvalue weighted by Crippen LogP contribution is -2.19. The van der Waals surface area contributed by atoms with Gasteiger partial charge in [0.2, 0.25) is 5.91 Å². The lowest BCUT2D eigenvalue weighted by Gasteiger charge is -2.12. The molecule has 5 heteroatoms. The summed E-state index contributed by atoms with van der Waals surface area (Å²) in [7, 11) is 1.60. The Morgan fingerprint density at radius 1 is 1.45 bits per heavy atom. The molecule has 2 rings (SSSR count). The fourth-order valence-corrected chi connectivity index (χ4v) is 1.93. The molecule has 1 aromatic carbocycles. The number of ether oxygens (including phenoxy) is 1. The topological polar surface area (TPSA) is 50.4 Å². The van der Waals surface area contributed by atoms with Crippen LogP contribution in [-0.4, -0.2) is 25.6 Å². The first-order chi connectivity index (χ1) is 9.70. The van der Waals surface area contributed by atoms with E-state index in [0.29, 0.717) is 37.8 Å². The summed E-state index contributed by atoms with van der Waals surface area (Å²) in [4.78, 5) is 11.1. The van der Waals surface area contributed by atoms with Gasteiger partial charge in [0.25, 0.3) is 0 Å². The van der Waals surface area contributed by atoms with Gasteiger partial charge < -0.3 is 15.4 Å². The maximum absolute atomic E-state index is 13.8. The first kappa shape index (κ1) is 14.8. The Kier molecular flexibility index (Phi) is 5.35. The van der Waals surface area contributed by atoms with E-state index in [-0.39, 0.29) is 11.7 Å². The SMILES string of the molecule is CNC(=O)CCCOc1c(F)cccc1CNC1CC1. The summed E-state index contributed by atoms with van der Waals surface area (Å²) in [5.74, 6) is -0.0737. The minimum atomic E-state index is -0.347. The Morgan fingerprint density at radius 3 is 2.95 bits per heavy atom. The van der Waals surface area contributed by atoms with Crippen molar-refractivity contribution in [1.29, 1.82) is 0 Å². The first-order valence-corrected chi connectivity index (χ1v) is 7.05. The third-order valence-corrected chi connectivity index (χ3v) is 3.28. The van der Waals surface area contributed by atoms with E-state index in [4.69, 9.17) is 4.74 Å². The van der Waals surface area contributed by atoms with Crippen molar-refractivity contribution < 1.29 is 13.9 Å². The van der Waals surface area contributed by atoms with Crippen molar-refractivity contribution in [3.8, 4) is 5.75 Å². The predicted molar refractivity (Wildman–Crippen MR) is 75.1 cm³/mol. The number of amides is 1. The van der Waals surface area contributed by atoms with Crippen LogP contribution in [0.1, 0.15) is 31.2 Å².